The van der Waals surface area contributed by atoms with E-state index >= 15 is 0 Å². The molecule has 0 saturated heterocycles. The van der Waals surface area contributed by atoms with E-state index in [9.17, 15) is 14.4 Å². The summed E-state index contributed by atoms with van der Waals surface area (Å²) in [6, 6.07) is -1.57. The quantitative estimate of drug-likeness (QED) is 0.376. The van der Waals surface area contributed by atoms with E-state index in [0.29, 0.717) is 6.42 Å². The molecule has 0 aromatic rings. The Bertz CT molecular complexity index is 428. The number of carbonyl (C=O) groups excluding carboxylic acids is 3. The highest BCUT2D eigenvalue weighted by Gasteiger charge is 2.38. The monoisotopic (exact) mass is 310 g/mol. The number of likely N-dealkylation sites (N-methyl/N-ethyl adjacent to an activating group) is 2. The molecule has 0 radical (unpaired) electrons. The van der Waals surface area contributed by atoms with Crippen LogP contribution in [0.3, 0.4) is 0 Å². The molecule has 0 unspecified atom stereocenters. The lowest BCUT2D eigenvalue weighted by Crippen LogP contribution is -2.53. The van der Waals surface area contributed by atoms with Gasteiger partial charge in [0, 0.05) is 5.92 Å². The fourth-order valence-electron chi connectivity index (χ4n) is 2.40. The van der Waals surface area contributed by atoms with Crippen molar-refractivity contribution in [3.8, 4) is 0 Å². The van der Waals surface area contributed by atoms with E-state index in [4.69, 9.17) is 0 Å². The largest absolute Gasteiger partial charge is 0.310 e. The zero-order valence-electron chi connectivity index (χ0n) is 14.8. The Labute approximate surface area is 134 Å². The maximum Gasteiger partial charge on any atom is 0.224 e. The third kappa shape index (κ3) is 5.46. The van der Waals surface area contributed by atoms with E-state index in [-0.39, 0.29) is 17.6 Å². The number of carbonyl (C=O) groups is 3. The van der Waals surface area contributed by atoms with Crippen LogP contribution in [0.1, 0.15) is 34.1 Å². The van der Waals surface area contributed by atoms with Crippen molar-refractivity contribution in [2.45, 2.75) is 46.2 Å². The number of nitrogens with zero attached hydrogens (tertiary/aromatic N) is 1. The minimum Gasteiger partial charge on any atom is -0.310 e. The third-order valence-corrected chi connectivity index (χ3v) is 3.75. The number of hydrogen-bond acceptors (Lipinski definition) is 5. The molecule has 0 aliphatic carbocycles. The summed E-state index contributed by atoms with van der Waals surface area (Å²) >= 11 is 0. The van der Waals surface area contributed by atoms with Gasteiger partial charge in [-0.2, -0.15) is 0 Å². The van der Waals surface area contributed by atoms with E-state index in [1.54, 1.807) is 28.1 Å². The van der Waals surface area contributed by atoms with Crippen LogP contribution in [0.2, 0.25) is 0 Å². The van der Waals surface area contributed by atoms with Gasteiger partial charge in [0.2, 0.25) is 11.6 Å². The maximum atomic E-state index is 12.5. The molecule has 0 fully saturated rings. The molecule has 3 atom stereocenters. The topological polar surface area (TPSA) is 66.5 Å². The summed E-state index contributed by atoms with van der Waals surface area (Å²) in [5.74, 6) is -1.68. The molecule has 5 nitrogen and oxygen atoms in total. The highest BCUT2D eigenvalue weighted by Crippen LogP contribution is 2.14. The van der Waals surface area contributed by atoms with Gasteiger partial charge < -0.3 is 5.32 Å². The van der Waals surface area contributed by atoms with Crippen molar-refractivity contribution in [3.63, 3.8) is 0 Å². The summed E-state index contributed by atoms with van der Waals surface area (Å²) in [5, 5.41) is 2.87. The minimum atomic E-state index is -1.01. The molecule has 0 aromatic carbocycles. The number of hydrogen-bond donors (Lipinski definition) is 1. The zero-order valence-corrected chi connectivity index (χ0v) is 14.8. The van der Waals surface area contributed by atoms with Gasteiger partial charge in [-0.15, -0.1) is 0 Å². The summed E-state index contributed by atoms with van der Waals surface area (Å²) in [6.45, 7) is 7.41. The first-order valence-corrected chi connectivity index (χ1v) is 7.75. The Morgan fingerprint density at radius 3 is 2.00 bits per heavy atom. The minimum absolute atomic E-state index is 0.0141. The van der Waals surface area contributed by atoms with Crippen molar-refractivity contribution in [3.05, 3.63) is 12.2 Å². The number of ketones is 3. The summed E-state index contributed by atoms with van der Waals surface area (Å²) in [5.41, 5.74) is 0. The summed E-state index contributed by atoms with van der Waals surface area (Å²) in [4.78, 5) is 39.0. The lowest BCUT2D eigenvalue weighted by Gasteiger charge is -2.26. The van der Waals surface area contributed by atoms with Gasteiger partial charge >= 0.3 is 0 Å². The second-order valence-electron chi connectivity index (χ2n) is 6.21. The summed E-state index contributed by atoms with van der Waals surface area (Å²) in [7, 11) is 4.96. The van der Waals surface area contributed by atoms with Gasteiger partial charge in [-0.1, -0.05) is 32.9 Å². The molecule has 126 valence electrons. The average molecular weight is 310 g/mol. The van der Waals surface area contributed by atoms with E-state index in [0.717, 1.165) is 0 Å². The zero-order chi connectivity index (χ0) is 17.4. The SMILES string of the molecule is C/C=C/C[C@@H](C)C(=O)[C@@H](C(=O)C(=O)[C@@H](NC)C(C)C)N(C)C. The van der Waals surface area contributed by atoms with Crippen LogP contribution < -0.4 is 5.32 Å². The van der Waals surface area contributed by atoms with Gasteiger partial charge in [0.1, 0.15) is 6.04 Å². The molecule has 22 heavy (non-hydrogen) atoms. The standard InChI is InChI=1S/C17H30N2O3/c1-8-9-10-12(4)15(20)14(19(6)7)17(22)16(21)13(18-5)11(2)3/h8-9,11-14,18H,10H2,1-7H3/b9-8+/t12-,13+,14+/m1/s1. The molecule has 5 heteroatoms. The van der Waals surface area contributed by atoms with E-state index in [1.807, 2.05) is 32.9 Å². The van der Waals surface area contributed by atoms with E-state index in [2.05, 4.69) is 5.32 Å². The van der Waals surface area contributed by atoms with Crippen LogP contribution in [-0.2, 0) is 14.4 Å². The molecule has 0 bridgehead atoms. The lowest BCUT2D eigenvalue weighted by molar-refractivity contribution is -0.145. The predicted octanol–water partition coefficient (Wildman–Crippen LogP) is 1.47. The molecule has 0 aliphatic rings. The van der Waals surface area contributed by atoms with Crippen LogP contribution in [0, 0.1) is 11.8 Å². The first-order chi connectivity index (χ1) is 10.2. The van der Waals surface area contributed by atoms with Gasteiger partial charge in [-0.25, -0.2) is 0 Å². The van der Waals surface area contributed by atoms with Crippen LogP contribution in [0.5, 0.6) is 0 Å². The van der Waals surface area contributed by atoms with Crippen molar-refractivity contribution in [1.82, 2.24) is 10.2 Å². The molecular formula is C17H30N2O3. The maximum absolute atomic E-state index is 12.5. The molecule has 0 amide bonds. The smallest absolute Gasteiger partial charge is 0.224 e. The lowest BCUT2D eigenvalue weighted by atomic mass is 9.88. The molecule has 0 rings (SSSR count). The fraction of sp³-hybridized carbons (Fsp3) is 0.706. The second-order valence-corrected chi connectivity index (χ2v) is 6.21. The highest BCUT2D eigenvalue weighted by molar-refractivity contribution is 6.44. The van der Waals surface area contributed by atoms with E-state index < -0.39 is 23.7 Å². The molecule has 0 heterocycles. The van der Waals surface area contributed by atoms with Crippen LogP contribution in [0.15, 0.2) is 12.2 Å². The molecule has 0 aromatic heterocycles. The fourth-order valence-corrected chi connectivity index (χ4v) is 2.40. The summed E-state index contributed by atoms with van der Waals surface area (Å²) < 4.78 is 0. The van der Waals surface area contributed by atoms with Crippen LogP contribution in [0.25, 0.3) is 0 Å². The van der Waals surface area contributed by atoms with Crippen molar-refractivity contribution in [2.24, 2.45) is 11.8 Å². The van der Waals surface area contributed by atoms with Gasteiger partial charge in [-0.05, 0) is 40.4 Å². The Hall–Kier alpha value is -1.33. The van der Waals surface area contributed by atoms with Gasteiger partial charge in [0.05, 0.1) is 6.04 Å². The molecule has 0 saturated carbocycles. The Balaban J connectivity index is 5.28. The molecule has 0 spiro atoms. The van der Waals surface area contributed by atoms with Crippen LogP contribution >= 0.6 is 0 Å². The van der Waals surface area contributed by atoms with Crippen LogP contribution in [-0.4, -0.2) is 55.5 Å². The van der Waals surface area contributed by atoms with Crippen molar-refractivity contribution >= 4 is 17.3 Å². The molecular weight excluding hydrogens is 280 g/mol. The number of Topliss-reactive ketones (excluding diaryl/α,β-unsaturated/α-hetero) is 3. The van der Waals surface area contributed by atoms with Crippen molar-refractivity contribution in [1.29, 1.82) is 0 Å². The second kappa shape index (κ2) is 9.64. The summed E-state index contributed by atoms with van der Waals surface area (Å²) in [6.07, 6.45) is 4.34. The van der Waals surface area contributed by atoms with Gasteiger partial charge in [0.15, 0.2) is 5.78 Å². The first-order valence-electron chi connectivity index (χ1n) is 7.75. The molecule has 0 aliphatic heterocycles. The number of rotatable bonds is 10. The Kier molecular flexibility index (Phi) is 9.06. The molecule has 1 N–H and O–H groups in total. The third-order valence-electron chi connectivity index (χ3n) is 3.75. The number of allylic oxidation sites excluding steroid dienone is 2. The Morgan fingerprint density at radius 2 is 1.64 bits per heavy atom. The average Bonchev–Trinajstić information content (AvgIpc) is 2.44. The normalized spacial score (nSPS) is 16.0. The Morgan fingerprint density at radius 1 is 1.09 bits per heavy atom. The van der Waals surface area contributed by atoms with Crippen molar-refractivity contribution in [2.75, 3.05) is 21.1 Å². The highest BCUT2D eigenvalue weighted by atomic mass is 16.2. The number of nitrogens with one attached hydrogen (secondary N) is 1. The van der Waals surface area contributed by atoms with E-state index in [1.165, 1.54) is 4.90 Å². The van der Waals surface area contributed by atoms with Gasteiger partial charge in [-0.3, -0.25) is 19.3 Å². The van der Waals surface area contributed by atoms with Crippen molar-refractivity contribution < 1.29 is 14.4 Å². The van der Waals surface area contributed by atoms with Crippen LogP contribution in [0.4, 0.5) is 0 Å². The predicted molar refractivity (Wildman–Crippen MR) is 88.8 cm³/mol. The van der Waals surface area contributed by atoms with Gasteiger partial charge in [0.25, 0.3) is 0 Å². The first kappa shape index (κ1) is 20.7.